The third kappa shape index (κ3) is 4.87. The van der Waals surface area contributed by atoms with Crippen molar-refractivity contribution in [3.63, 3.8) is 0 Å². The Morgan fingerprint density at radius 3 is 2.83 bits per heavy atom. The number of methoxy groups -OCH3 is 1. The number of aliphatic hydroxyl groups excluding tert-OH is 1. The molecule has 134 valence electrons. The van der Waals surface area contributed by atoms with Crippen molar-refractivity contribution in [1.29, 1.82) is 0 Å². The minimum atomic E-state index is -0.203. The number of aliphatic imine (C=N–C) groups is 1. The number of aliphatic hydroxyl groups is 1. The predicted molar refractivity (Wildman–Crippen MR) is 98.6 cm³/mol. The van der Waals surface area contributed by atoms with Gasteiger partial charge >= 0.3 is 0 Å². The topological polar surface area (TPSA) is 65.9 Å². The molecule has 2 rings (SSSR count). The second-order valence-corrected chi connectivity index (χ2v) is 6.59. The van der Waals surface area contributed by atoms with Gasteiger partial charge in [0.15, 0.2) is 5.96 Å². The summed E-state index contributed by atoms with van der Waals surface area (Å²) in [4.78, 5) is 4.68. The van der Waals surface area contributed by atoms with Gasteiger partial charge in [0.1, 0.15) is 5.75 Å². The van der Waals surface area contributed by atoms with Crippen molar-refractivity contribution >= 4 is 5.96 Å². The van der Waals surface area contributed by atoms with Crippen LogP contribution in [0.25, 0.3) is 0 Å². The van der Waals surface area contributed by atoms with E-state index in [-0.39, 0.29) is 18.1 Å². The molecule has 1 aromatic carbocycles. The van der Waals surface area contributed by atoms with Gasteiger partial charge in [0.05, 0.1) is 19.3 Å². The Bertz CT molecular complexity index is 560. The third-order valence-electron chi connectivity index (χ3n) is 4.65. The molecule has 5 nitrogen and oxygen atoms in total. The number of ether oxygens (including phenoxy) is 1. The molecule has 0 aromatic heterocycles. The van der Waals surface area contributed by atoms with Crippen LogP contribution in [0.3, 0.4) is 0 Å². The maximum absolute atomic E-state index is 9.96. The number of hydrogen-bond acceptors (Lipinski definition) is 3. The zero-order valence-corrected chi connectivity index (χ0v) is 15.3. The van der Waals surface area contributed by atoms with Gasteiger partial charge in [-0.05, 0) is 39.7 Å². The van der Waals surface area contributed by atoms with Gasteiger partial charge in [-0.15, -0.1) is 0 Å². The Hall–Kier alpha value is -1.75. The van der Waals surface area contributed by atoms with Crippen molar-refractivity contribution in [2.75, 3.05) is 20.2 Å². The fourth-order valence-corrected chi connectivity index (χ4v) is 3.23. The maximum atomic E-state index is 9.96. The molecule has 0 saturated heterocycles. The number of benzene rings is 1. The summed E-state index contributed by atoms with van der Waals surface area (Å²) < 4.78 is 5.48. The molecule has 0 heterocycles. The fraction of sp³-hybridized carbons (Fsp3) is 0.632. The van der Waals surface area contributed by atoms with Gasteiger partial charge in [-0.25, -0.2) is 0 Å². The summed E-state index contributed by atoms with van der Waals surface area (Å²) in [5.74, 6) is 1.94. The molecule has 1 saturated carbocycles. The summed E-state index contributed by atoms with van der Waals surface area (Å²) in [6.07, 6.45) is 2.86. The highest BCUT2D eigenvalue weighted by molar-refractivity contribution is 5.80. The summed E-state index contributed by atoms with van der Waals surface area (Å²) in [6, 6.07) is 6.27. The second-order valence-electron chi connectivity index (χ2n) is 6.59. The lowest BCUT2D eigenvalue weighted by molar-refractivity contribution is 0.136. The zero-order valence-electron chi connectivity index (χ0n) is 15.3. The van der Waals surface area contributed by atoms with Gasteiger partial charge in [0.2, 0.25) is 0 Å². The van der Waals surface area contributed by atoms with E-state index >= 15 is 0 Å². The van der Waals surface area contributed by atoms with Gasteiger partial charge in [-0.1, -0.05) is 24.1 Å². The number of nitrogens with one attached hydrogen (secondary N) is 2. The SMILES string of the molecule is CCNC(=NCC1CCCC1O)NC(C)c1cc(C)ccc1OC. The van der Waals surface area contributed by atoms with Crippen LogP contribution >= 0.6 is 0 Å². The molecule has 0 aliphatic heterocycles. The van der Waals surface area contributed by atoms with E-state index in [4.69, 9.17) is 4.74 Å². The van der Waals surface area contributed by atoms with Crippen molar-refractivity contribution < 1.29 is 9.84 Å². The number of nitrogens with zero attached hydrogens (tertiary/aromatic N) is 1. The predicted octanol–water partition coefficient (Wildman–Crippen LogP) is 2.78. The minimum absolute atomic E-state index is 0.0751. The summed E-state index contributed by atoms with van der Waals surface area (Å²) >= 11 is 0. The maximum Gasteiger partial charge on any atom is 0.191 e. The zero-order chi connectivity index (χ0) is 17.5. The highest BCUT2D eigenvalue weighted by Gasteiger charge is 2.25. The number of rotatable bonds is 6. The van der Waals surface area contributed by atoms with Crippen molar-refractivity contribution in [3.8, 4) is 5.75 Å². The molecule has 3 N–H and O–H groups in total. The first kappa shape index (κ1) is 18.6. The second kappa shape index (κ2) is 8.92. The molecule has 0 amide bonds. The minimum Gasteiger partial charge on any atom is -0.496 e. The van der Waals surface area contributed by atoms with Crippen molar-refractivity contribution in [1.82, 2.24) is 10.6 Å². The monoisotopic (exact) mass is 333 g/mol. The van der Waals surface area contributed by atoms with Crippen LogP contribution in [0.4, 0.5) is 0 Å². The van der Waals surface area contributed by atoms with Crippen LogP contribution in [0.2, 0.25) is 0 Å². The van der Waals surface area contributed by atoms with E-state index in [2.05, 4.69) is 48.5 Å². The molecular weight excluding hydrogens is 302 g/mol. The molecular formula is C19H31N3O2. The molecule has 5 heteroatoms. The molecule has 1 fully saturated rings. The molecule has 3 atom stereocenters. The highest BCUT2D eigenvalue weighted by Crippen LogP contribution is 2.27. The van der Waals surface area contributed by atoms with Gasteiger partial charge in [-0.3, -0.25) is 4.99 Å². The Morgan fingerprint density at radius 1 is 1.42 bits per heavy atom. The molecule has 1 aliphatic carbocycles. The number of hydrogen-bond donors (Lipinski definition) is 3. The lowest BCUT2D eigenvalue weighted by Crippen LogP contribution is -2.39. The largest absolute Gasteiger partial charge is 0.496 e. The lowest BCUT2D eigenvalue weighted by atomic mass is 10.0. The Labute approximate surface area is 145 Å². The molecule has 0 bridgehead atoms. The first-order valence-corrected chi connectivity index (χ1v) is 8.92. The van der Waals surface area contributed by atoms with Crippen molar-refractivity contribution in [2.24, 2.45) is 10.9 Å². The summed E-state index contributed by atoms with van der Waals surface area (Å²) in [5, 5.41) is 16.7. The third-order valence-corrected chi connectivity index (χ3v) is 4.65. The Balaban J connectivity index is 2.07. The molecule has 0 radical (unpaired) electrons. The van der Waals surface area contributed by atoms with Crippen LogP contribution in [-0.2, 0) is 0 Å². The van der Waals surface area contributed by atoms with E-state index < -0.39 is 0 Å². The Morgan fingerprint density at radius 2 is 2.21 bits per heavy atom. The average Bonchev–Trinajstić information content (AvgIpc) is 2.97. The molecule has 24 heavy (non-hydrogen) atoms. The average molecular weight is 333 g/mol. The highest BCUT2D eigenvalue weighted by atomic mass is 16.5. The fourth-order valence-electron chi connectivity index (χ4n) is 3.23. The molecule has 1 aromatic rings. The van der Waals surface area contributed by atoms with Crippen LogP contribution in [0.1, 0.15) is 50.3 Å². The van der Waals surface area contributed by atoms with Crippen molar-refractivity contribution in [2.45, 2.75) is 52.2 Å². The van der Waals surface area contributed by atoms with Gasteiger partial charge < -0.3 is 20.5 Å². The van der Waals surface area contributed by atoms with Gasteiger partial charge in [0, 0.05) is 24.6 Å². The smallest absolute Gasteiger partial charge is 0.191 e. The van der Waals surface area contributed by atoms with Gasteiger partial charge in [-0.2, -0.15) is 0 Å². The van der Waals surface area contributed by atoms with E-state index in [0.29, 0.717) is 6.54 Å². The van der Waals surface area contributed by atoms with E-state index in [0.717, 1.165) is 43.1 Å². The Kier molecular flexibility index (Phi) is 6.91. The number of aryl methyl sites for hydroxylation is 1. The summed E-state index contributed by atoms with van der Waals surface area (Å²) in [5.41, 5.74) is 2.32. The van der Waals surface area contributed by atoms with E-state index in [1.165, 1.54) is 5.56 Å². The van der Waals surface area contributed by atoms with Gasteiger partial charge in [0.25, 0.3) is 0 Å². The number of guanidine groups is 1. The molecule has 0 spiro atoms. The van der Waals surface area contributed by atoms with Crippen LogP contribution in [-0.4, -0.2) is 37.4 Å². The van der Waals surface area contributed by atoms with Crippen LogP contribution in [0.15, 0.2) is 23.2 Å². The van der Waals surface area contributed by atoms with Crippen LogP contribution in [0.5, 0.6) is 5.75 Å². The normalized spacial score (nSPS) is 22.3. The first-order valence-electron chi connectivity index (χ1n) is 8.92. The van der Waals surface area contributed by atoms with Crippen LogP contribution < -0.4 is 15.4 Å². The first-order chi connectivity index (χ1) is 11.5. The van der Waals surface area contributed by atoms with E-state index in [1.807, 2.05) is 6.07 Å². The molecule has 3 unspecified atom stereocenters. The van der Waals surface area contributed by atoms with E-state index in [1.54, 1.807) is 7.11 Å². The standard InChI is InChI=1S/C19H31N3O2/c1-5-20-19(21-12-15-7-6-8-17(15)23)22-14(3)16-11-13(2)9-10-18(16)24-4/h9-11,14-15,17,23H,5-8,12H2,1-4H3,(H2,20,21,22). The van der Waals surface area contributed by atoms with E-state index in [9.17, 15) is 5.11 Å². The van der Waals surface area contributed by atoms with Crippen molar-refractivity contribution in [3.05, 3.63) is 29.3 Å². The summed E-state index contributed by atoms with van der Waals surface area (Å²) in [6.45, 7) is 7.70. The molecule has 1 aliphatic rings. The lowest BCUT2D eigenvalue weighted by Gasteiger charge is -2.21. The van der Waals surface area contributed by atoms with Crippen LogP contribution in [0, 0.1) is 12.8 Å². The quantitative estimate of drug-likeness (QED) is 0.553. The summed E-state index contributed by atoms with van der Waals surface area (Å²) in [7, 11) is 1.70.